The maximum atomic E-state index is 14.5. The molecule has 0 fully saturated rings. The highest BCUT2D eigenvalue weighted by Crippen LogP contribution is 2.46. The van der Waals surface area contributed by atoms with Crippen molar-refractivity contribution in [2.45, 2.75) is 44.9 Å². The molecule has 8 heteroatoms. The highest BCUT2D eigenvalue weighted by atomic mass is 79.9. The summed E-state index contributed by atoms with van der Waals surface area (Å²) in [4.78, 5) is 29.4. The van der Waals surface area contributed by atoms with E-state index < -0.39 is 17.2 Å². The van der Waals surface area contributed by atoms with Gasteiger partial charge in [0, 0.05) is 16.5 Å². The fraction of sp³-hybridized carbons (Fsp3) is 0.226. The summed E-state index contributed by atoms with van der Waals surface area (Å²) in [6, 6.07) is 27.9. The van der Waals surface area contributed by atoms with Gasteiger partial charge in [-0.3, -0.25) is 4.79 Å². The van der Waals surface area contributed by atoms with Crippen LogP contribution in [0.2, 0.25) is 0 Å². The number of benzene rings is 3. The predicted molar refractivity (Wildman–Crippen MR) is 152 cm³/mol. The number of carbonyl (C=O) groups excluding carboxylic acids is 2. The number of alkyl carbamates (subject to hydrolysis) is 1. The van der Waals surface area contributed by atoms with Crippen LogP contribution in [-0.2, 0) is 21.6 Å². The number of halogens is 1. The van der Waals surface area contributed by atoms with Gasteiger partial charge in [-0.25, -0.2) is 4.79 Å². The lowest BCUT2D eigenvalue weighted by Gasteiger charge is -2.32. The second kappa shape index (κ2) is 11.1. The minimum absolute atomic E-state index is 0.139. The molecule has 1 atom stereocenters. The number of fused-ring (bicyclic) bond motifs is 1. The fourth-order valence-corrected chi connectivity index (χ4v) is 5.10. The van der Waals surface area contributed by atoms with Crippen molar-refractivity contribution in [3.63, 3.8) is 0 Å². The Hall–Kier alpha value is -4.40. The van der Waals surface area contributed by atoms with Gasteiger partial charge in [-0.2, -0.15) is 10.5 Å². The molecule has 1 heterocycles. The number of anilines is 1. The second-order valence-corrected chi connectivity index (χ2v) is 11.1. The van der Waals surface area contributed by atoms with Crippen molar-refractivity contribution >= 4 is 39.2 Å². The number of para-hydroxylation sites is 1. The predicted octanol–water partition coefficient (Wildman–Crippen LogP) is 6.61. The van der Waals surface area contributed by atoms with E-state index in [1.54, 1.807) is 56.0 Å². The van der Waals surface area contributed by atoms with Crippen molar-refractivity contribution in [3.05, 3.63) is 106 Å². The van der Waals surface area contributed by atoms with Gasteiger partial charge in [0.05, 0.1) is 12.2 Å². The van der Waals surface area contributed by atoms with Crippen molar-refractivity contribution in [1.29, 1.82) is 10.5 Å². The molecule has 0 radical (unpaired) electrons. The van der Waals surface area contributed by atoms with Gasteiger partial charge < -0.3 is 15.0 Å². The molecule has 196 valence electrons. The third-order valence-electron chi connectivity index (χ3n) is 6.30. The lowest BCUT2D eigenvalue weighted by molar-refractivity contribution is -0.124. The summed E-state index contributed by atoms with van der Waals surface area (Å²) < 4.78 is 6.33. The Balaban J connectivity index is 1.92. The smallest absolute Gasteiger partial charge is 0.408 e. The summed E-state index contributed by atoms with van der Waals surface area (Å²) in [7, 11) is 0. The summed E-state index contributed by atoms with van der Waals surface area (Å²) in [6.07, 6.45) is -0.920. The van der Waals surface area contributed by atoms with E-state index in [0.717, 1.165) is 10.0 Å². The molecule has 0 saturated heterocycles. The number of rotatable bonds is 6. The molecule has 7 nitrogen and oxygen atoms in total. The van der Waals surface area contributed by atoms with E-state index in [0.29, 0.717) is 22.4 Å². The molecule has 39 heavy (non-hydrogen) atoms. The molecule has 1 N–H and O–H groups in total. The number of carbonyl (C=O) groups is 2. The van der Waals surface area contributed by atoms with E-state index in [-0.39, 0.29) is 24.4 Å². The molecular formula is C31H27BrN4O3. The maximum absolute atomic E-state index is 14.5. The summed E-state index contributed by atoms with van der Waals surface area (Å²) in [5.41, 5.74) is 0.414. The Bertz CT molecular complexity index is 1510. The first-order chi connectivity index (χ1) is 18.6. The molecule has 2 amide bonds. The SMILES string of the molecule is CC(C)(C)OC(=O)N[C@@]1(CC(=C(C#N)C#N)c2cccc(Br)c2)C(=O)N(Cc2ccccc2)c2ccccc21. The summed E-state index contributed by atoms with van der Waals surface area (Å²) >= 11 is 3.45. The lowest BCUT2D eigenvalue weighted by atomic mass is 9.81. The number of allylic oxidation sites excluding steroid dienone is 1. The average Bonchev–Trinajstić information content (AvgIpc) is 3.11. The van der Waals surface area contributed by atoms with E-state index >= 15 is 0 Å². The van der Waals surface area contributed by atoms with E-state index in [1.165, 1.54) is 0 Å². The van der Waals surface area contributed by atoms with Crippen molar-refractivity contribution < 1.29 is 14.3 Å². The third-order valence-corrected chi connectivity index (χ3v) is 6.80. The van der Waals surface area contributed by atoms with Gasteiger partial charge in [0.2, 0.25) is 0 Å². The van der Waals surface area contributed by atoms with E-state index in [1.807, 2.05) is 60.7 Å². The standard InChI is InChI=1S/C31H27BrN4O3/c1-30(2,3)39-29(38)35-31(17-25(23(18-33)19-34)22-12-9-13-24(32)16-22)26-14-7-8-15-27(26)36(28(31)37)20-21-10-5-4-6-11-21/h4-16H,17,20H2,1-3H3,(H,35,38)/t31-/m1/s1. The Morgan fingerprint density at radius 1 is 1.00 bits per heavy atom. The van der Waals surface area contributed by atoms with Crippen molar-refractivity contribution in [3.8, 4) is 12.1 Å². The molecule has 3 aromatic carbocycles. The molecule has 1 aliphatic rings. The van der Waals surface area contributed by atoms with Gasteiger partial charge in [-0.05, 0) is 55.7 Å². The van der Waals surface area contributed by atoms with Crippen LogP contribution in [-0.4, -0.2) is 17.6 Å². The molecule has 0 bridgehead atoms. The van der Waals surface area contributed by atoms with Crippen LogP contribution in [0.4, 0.5) is 10.5 Å². The zero-order chi connectivity index (χ0) is 28.2. The molecule has 0 spiro atoms. The Morgan fingerprint density at radius 3 is 2.31 bits per heavy atom. The molecule has 1 aliphatic heterocycles. The van der Waals surface area contributed by atoms with Crippen LogP contribution in [0.3, 0.4) is 0 Å². The minimum atomic E-state index is -1.63. The zero-order valence-electron chi connectivity index (χ0n) is 21.9. The van der Waals surface area contributed by atoms with Crippen LogP contribution >= 0.6 is 15.9 Å². The number of nitrogens with one attached hydrogen (secondary N) is 1. The van der Waals surface area contributed by atoms with Crippen LogP contribution in [0.25, 0.3) is 5.57 Å². The molecule has 0 saturated carbocycles. The molecule has 0 unspecified atom stereocenters. The highest BCUT2D eigenvalue weighted by molar-refractivity contribution is 9.10. The number of nitriles is 2. The third kappa shape index (κ3) is 5.87. The fourth-order valence-electron chi connectivity index (χ4n) is 4.70. The molecule has 0 aromatic heterocycles. The lowest BCUT2D eigenvalue weighted by Crippen LogP contribution is -2.54. The van der Waals surface area contributed by atoms with E-state index in [4.69, 9.17) is 4.74 Å². The normalized spacial score (nSPS) is 16.1. The van der Waals surface area contributed by atoms with Crippen LogP contribution in [0, 0.1) is 22.7 Å². The second-order valence-electron chi connectivity index (χ2n) is 10.2. The molecule has 3 aromatic rings. The number of amides is 2. The van der Waals surface area contributed by atoms with Gasteiger partial charge in [0.25, 0.3) is 5.91 Å². The summed E-state index contributed by atoms with van der Waals surface area (Å²) in [6.45, 7) is 5.48. The first-order valence-electron chi connectivity index (χ1n) is 12.3. The van der Waals surface area contributed by atoms with Crippen LogP contribution in [0.1, 0.15) is 43.9 Å². The zero-order valence-corrected chi connectivity index (χ0v) is 23.5. The average molecular weight is 583 g/mol. The molecular weight excluding hydrogens is 556 g/mol. The number of hydrogen-bond acceptors (Lipinski definition) is 5. The van der Waals surface area contributed by atoms with E-state index in [9.17, 15) is 20.1 Å². The largest absolute Gasteiger partial charge is 0.444 e. The number of hydrogen-bond donors (Lipinski definition) is 1. The van der Waals surface area contributed by atoms with Gasteiger partial charge >= 0.3 is 6.09 Å². The topological polar surface area (TPSA) is 106 Å². The van der Waals surface area contributed by atoms with Crippen LogP contribution in [0.15, 0.2) is 88.9 Å². The van der Waals surface area contributed by atoms with Crippen LogP contribution < -0.4 is 10.2 Å². The Morgan fingerprint density at radius 2 is 1.67 bits per heavy atom. The quantitative estimate of drug-likeness (QED) is 0.329. The van der Waals surface area contributed by atoms with Crippen molar-refractivity contribution in [1.82, 2.24) is 5.32 Å². The summed E-state index contributed by atoms with van der Waals surface area (Å²) in [5.74, 6) is -0.388. The van der Waals surface area contributed by atoms with Gasteiger partial charge in [-0.15, -0.1) is 0 Å². The molecule has 4 rings (SSSR count). The van der Waals surface area contributed by atoms with Gasteiger partial charge in [0.1, 0.15) is 23.3 Å². The first-order valence-corrected chi connectivity index (χ1v) is 13.1. The van der Waals surface area contributed by atoms with Gasteiger partial charge in [-0.1, -0.05) is 76.6 Å². The maximum Gasteiger partial charge on any atom is 0.408 e. The Kier molecular flexibility index (Phi) is 7.90. The number of ether oxygens (including phenoxy) is 1. The summed E-state index contributed by atoms with van der Waals surface area (Å²) in [5, 5.41) is 22.6. The van der Waals surface area contributed by atoms with Crippen molar-refractivity contribution in [2.24, 2.45) is 0 Å². The van der Waals surface area contributed by atoms with Crippen molar-refractivity contribution in [2.75, 3.05) is 4.90 Å². The monoisotopic (exact) mass is 582 g/mol. The number of nitrogens with zero attached hydrogens (tertiary/aromatic N) is 3. The van der Waals surface area contributed by atoms with Gasteiger partial charge in [0.15, 0.2) is 5.54 Å². The van der Waals surface area contributed by atoms with E-state index in [2.05, 4.69) is 21.2 Å². The minimum Gasteiger partial charge on any atom is -0.444 e. The van der Waals surface area contributed by atoms with Crippen LogP contribution in [0.5, 0.6) is 0 Å². The Labute approximate surface area is 236 Å². The highest BCUT2D eigenvalue weighted by Gasteiger charge is 2.53. The first kappa shape index (κ1) is 27.6. The molecule has 0 aliphatic carbocycles.